The topological polar surface area (TPSA) is 60.2 Å². The molecule has 0 unspecified atom stereocenters. The molecule has 0 atom stereocenters. The van der Waals surface area contributed by atoms with Crippen LogP contribution in [0.3, 0.4) is 0 Å². The van der Waals surface area contributed by atoms with Crippen molar-refractivity contribution in [1.29, 1.82) is 0 Å². The molecule has 0 aliphatic rings. The highest BCUT2D eigenvalue weighted by Gasteiger charge is 2.00. The van der Waals surface area contributed by atoms with E-state index in [1.54, 1.807) is 19.4 Å². The van der Waals surface area contributed by atoms with Crippen molar-refractivity contribution >= 4 is 23.1 Å². The Morgan fingerprint density at radius 1 is 1.64 bits per heavy atom. The van der Waals surface area contributed by atoms with E-state index in [-0.39, 0.29) is 0 Å². The number of anilines is 2. The fourth-order valence-corrected chi connectivity index (χ4v) is 1.25. The Hall–Kier alpha value is -1.00. The van der Waals surface area contributed by atoms with Gasteiger partial charge in [-0.25, -0.2) is 4.98 Å². The van der Waals surface area contributed by atoms with Crippen molar-refractivity contribution in [3.63, 3.8) is 0 Å². The highest BCUT2D eigenvalue weighted by molar-refractivity contribution is 6.33. The first-order chi connectivity index (χ1) is 6.74. The summed E-state index contributed by atoms with van der Waals surface area (Å²) in [4.78, 5) is 4.07. The predicted molar refractivity (Wildman–Crippen MR) is 58.6 cm³/mol. The third-order valence-corrected chi connectivity index (χ3v) is 1.97. The maximum absolute atomic E-state index is 5.91. The first kappa shape index (κ1) is 11.1. The number of pyridine rings is 1. The third-order valence-electron chi connectivity index (χ3n) is 1.68. The average Bonchev–Trinajstić information content (AvgIpc) is 2.15. The monoisotopic (exact) mass is 215 g/mol. The van der Waals surface area contributed by atoms with Gasteiger partial charge in [-0.2, -0.15) is 0 Å². The molecule has 0 saturated heterocycles. The number of rotatable bonds is 5. The molecule has 1 rings (SSSR count). The van der Waals surface area contributed by atoms with Crippen LogP contribution in [0.15, 0.2) is 12.3 Å². The highest BCUT2D eigenvalue weighted by atomic mass is 35.5. The molecule has 0 radical (unpaired) electrons. The van der Waals surface area contributed by atoms with E-state index >= 15 is 0 Å². The van der Waals surface area contributed by atoms with Crippen LogP contribution < -0.4 is 11.1 Å². The number of hydrogen-bond acceptors (Lipinski definition) is 4. The Labute approximate surface area is 88.4 Å². The van der Waals surface area contributed by atoms with Gasteiger partial charge in [0.2, 0.25) is 0 Å². The van der Waals surface area contributed by atoms with Crippen LogP contribution >= 0.6 is 11.6 Å². The van der Waals surface area contributed by atoms with Crippen LogP contribution in [-0.2, 0) is 4.74 Å². The molecule has 0 fully saturated rings. The van der Waals surface area contributed by atoms with Crippen LogP contribution in [0.25, 0.3) is 0 Å². The fraction of sp³-hybridized carbons (Fsp3) is 0.444. The quantitative estimate of drug-likeness (QED) is 0.735. The lowest BCUT2D eigenvalue weighted by molar-refractivity contribution is 0.198. The summed E-state index contributed by atoms with van der Waals surface area (Å²) in [6.45, 7) is 1.50. The second-order valence-corrected chi connectivity index (χ2v) is 3.28. The summed E-state index contributed by atoms with van der Waals surface area (Å²) in [5, 5.41) is 3.64. The van der Waals surface area contributed by atoms with Gasteiger partial charge in [-0.05, 0) is 12.5 Å². The predicted octanol–water partition coefficient (Wildman–Crippen LogP) is 1.77. The number of aromatic nitrogens is 1. The zero-order valence-corrected chi connectivity index (χ0v) is 8.84. The number of nitrogens with two attached hydrogens (primary N) is 1. The van der Waals surface area contributed by atoms with Crippen LogP contribution in [0.1, 0.15) is 6.42 Å². The number of nitrogen functional groups attached to an aromatic ring is 1. The Balaban J connectivity index is 2.42. The molecule has 0 aliphatic heterocycles. The molecule has 14 heavy (non-hydrogen) atoms. The van der Waals surface area contributed by atoms with Crippen LogP contribution in [0, 0.1) is 0 Å². The molecule has 0 spiro atoms. The van der Waals surface area contributed by atoms with Gasteiger partial charge in [-0.1, -0.05) is 11.6 Å². The van der Waals surface area contributed by atoms with Crippen molar-refractivity contribution in [2.45, 2.75) is 6.42 Å². The van der Waals surface area contributed by atoms with Crippen LogP contribution in [0.2, 0.25) is 5.02 Å². The molecular formula is C9H14ClN3O. The van der Waals surface area contributed by atoms with Gasteiger partial charge >= 0.3 is 0 Å². The number of nitrogens with one attached hydrogen (secondary N) is 1. The zero-order chi connectivity index (χ0) is 10.4. The Kier molecular flexibility index (Phi) is 4.49. The molecule has 0 aromatic carbocycles. The van der Waals surface area contributed by atoms with Gasteiger partial charge < -0.3 is 15.8 Å². The fourth-order valence-electron chi connectivity index (χ4n) is 1.01. The largest absolute Gasteiger partial charge is 0.397 e. The van der Waals surface area contributed by atoms with Crippen molar-refractivity contribution in [2.24, 2.45) is 0 Å². The maximum Gasteiger partial charge on any atom is 0.144 e. The molecule has 0 amide bonds. The smallest absolute Gasteiger partial charge is 0.144 e. The van der Waals surface area contributed by atoms with E-state index < -0.39 is 0 Å². The standard InChI is InChI=1S/C9H14ClN3O/c1-14-4-2-3-12-9-8(10)5-7(11)6-13-9/h5-6H,2-4,11H2,1H3,(H,12,13). The van der Waals surface area contributed by atoms with Gasteiger partial charge in [0.15, 0.2) is 0 Å². The zero-order valence-electron chi connectivity index (χ0n) is 8.09. The summed E-state index contributed by atoms with van der Waals surface area (Å²) in [6.07, 6.45) is 2.49. The van der Waals surface area contributed by atoms with E-state index in [4.69, 9.17) is 22.1 Å². The summed E-state index contributed by atoms with van der Waals surface area (Å²) in [7, 11) is 1.68. The van der Waals surface area contributed by atoms with Crippen molar-refractivity contribution in [3.05, 3.63) is 17.3 Å². The van der Waals surface area contributed by atoms with E-state index in [1.165, 1.54) is 0 Å². The van der Waals surface area contributed by atoms with Crippen LogP contribution in [0.4, 0.5) is 11.5 Å². The second-order valence-electron chi connectivity index (χ2n) is 2.87. The van der Waals surface area contributed by atoms with Crippen molar-refractivity contribution in [1.82, 2.24) is 4.98 Å². The Bertz CT molecular complexity index is 293. The number of methoxy groups -OCH3 is 1. The van der Waals surface area contributed by atoms with E-state index in [0.717, 1.165) is 19.6 Å². The van der Waals surface area contributed by atoms with Crippen molar-refractivity contribution in [2.75, 3.05) is 31.3 Å². The SMILES string of the molecule is COCCCNc1ncc(N)cc1Cl. The first-order valence-corrected chi connectivity index (χ1v) is 4.75. The molecule has 5 heteroatoms. The molecular weight excluding hydrogens is 202 g/mol. The number of ether oxygens (including phenoxy) is 1. The number of halogens is 1. The minimum absolute atomic E-state index is 0.544. The summed E-state index contributed by atoms with van der Waals surface area (Å²) in [6, 6.07) is 1.67. The summed E-state index contributed by atoms with van der Waals surface area (Å²) >= 11 is 5.91. The van der Waals surface area contributed by atoms with E-state index in [2.05, 4.69) is 10.3 Å². The molecule has 78 valence electrons. The molecule has 4 nitrogen and oxygen atoms in total. The average molecular weight is 216 g/mol. The van der Waals surface area contributed by atoms with Gasteiger partial charge in [0, 0.05) is 20.3 Å². The van der Waals surface area contributed by atoms with Gasteiger partial charge in [0.1, 0.15) is 5.82 Å². The van der Waals surface area contributed by atoms with Gasteiger partial charge in [0.25, 0.3) is 0 Å². The molecule has 0 saturated carbocycles. The lowest BCUT2D eigenvalue weighted by atomic mass is 10.4. The Morgan fingerprint density at radius 3 is 3.07 bits per heavy atom. The minimum Gasteiger partial charge on any atom is -0.397 e. The summed E-state index contributed by atoms with van der Waals surface area (Å²) in [5.41, 5.74) is 6.08. The molecule has 3 N–H and O–H groups in total. The normalized spacial score (nSPS) is 10.1. The third kappa shape index (κ3) is 3.40. The molecule has 1 aromatic rings. The van der Waals surface area contributed by atoms with Crippen molar-refractivity contribution < 1.29 is 4.74 Å². The van der Waals surface area contributed by atoms with Crippen molar-refractivity contribution in [3.8, 4) is 0 Å². The number of nitrogens with zero attached hydrogens (tertiary/aromatic N) is 1. The second kappa shape index (κ2) is 5.67. The van der Waals surface area contributed by atoms with E-state index in [0.29, 0.717) is 16.5 Å². The molecule has 1 heterocycles. The number of hydrogen-bond donors (Lipinski definition) is 2. The summed E-state index contributed by atoms with van der Waals surface area (Å²) < 4.78 is 4.92. The first-order valence-electron chi connectivity index (χ1n) is 4.38. The molecule has 0 aliphatic carbocycles. The van der Waals surface area contributed by atoms with E-state index in [9.17, 15) is 0 Å². The van der Waals surface area contributed by atoms with Crippen LogP contribution in [-0.4, -0.2) is 25.2 Å². The lowest BCUT2D eigenvalue weighted by Crippen LogP contribution is -2.06. The van der Waals surface area contributed by atoms with Gasteiger partial charge in [-0.3, -0.25) is 0 Å². The van der Waals surface area contributed by atoms with Gasteiger partial charge in [-0.15, -0.1) is 0 Å². The summed E-state index contributed by atoms with van der Waals surface area (Å²) in [5.74, 6) is 0.664. The highest BCUT2D eigenvalue weighted by Crippen LogP contribution is 2.20. The lowest BCUT2D eigenvalue weighted by Gasteiger charge is -2.06. The minimum atomic E-state index is 0.544. The maximum atomic E-state index is 5.91. The van der Waals surface area contributed by atoms with Crippen LogP contribution in [0.5, 0.6) is 0 Å². The van der Waals surface area contributed by atoms with Gasteiger partial charge in [0.05, 0.1) is 16.9 Å². The van der Waals surface area contributed by atoms with E-state index in [1.807, 2.05) is 0 Å². The molecule has 1 aromatic heterocycles. The molecule has 0 bridgehead atoms. The Morgan fingerprint density at radius 2 is 2.43 bits per heavy atom.